The normalized spacial score (nSPS) is 26.4. The van der Waals surface area contributed by atoms with Gasteiger partial charge in [0.25, 0.3) is 11.8 Å². The predicted molar refractivity (Wildman–Crippen MR) is 113 cm³/mol. The van der Waals surface area contributed by atoms with Gasteiger partial charge >= 0.3 is 6.18 Å². The molecular weight excluding hydrogens is 477 g/mol. The minimum Gasteiger partial charge on any atom is -0.493 e. The van der Waals surface area contributed by atoms with E-state index in [1.165, 1.54) is 12.3 Å². The van der Waals surface area contributed by atoms with Gasteiger partial charge in [-0.1, -0.05) is 6.07 Å². The summed E-state index contributed by atoms with van der Waals surface area (Å²) in [6, 6.07) is 4.36. The number of nitrogens with two attached hydrogens (primary N) is 1. The zero-order valence-electron chi connectivity index (χ0n) is 18.7. The van der Waals surface area contributed by atoms with Crippen molar-refractivity contribution in [3.05, 3.63) is 53.4 Å². The third-order valence-corrected chi connectivity index (χ3v) is 6.60. The van der Waals surface area contributed by atoms with Crippen LogP contribution in [0.15, 0.2) is 30.5 Å². The lowest BCUT2D eigenvalue weighted by Gasteiger charge is -2.34. The Kier molecular flexibility index (Phi) is 6.20. The highest BCUT2D eigenvalue weighted by Crippen LogP contribution is 2.62. The van der Waals surface area contributed by atoms with E-state index in [9.17, 15) is 31.5 Å². The van der Waals surface area contributed by atoms with Crippen LogP contribution in [0.5, 0.6) is 5.75 Å². The number of alkyl halides is 3. The van der Waals surface area contributed by atoms with Crippen LogP contribution in [-0.2, 0) is 9.53 Å². The minimum absolute atomic E-state index is 0.0435. The maximum atomic E-state index is 14.6. The van der Waals surface area contributed by atoms with Gasteiger partial charge in [0, 0.05) is 29.3 Å². The third kappa shape index (κ3) is 4.30. The topological polar surface area (TPSA) is 104 Å². The van der Waals surface area contributed by atoms with Crippen LogP contribution in [0.4, 0.5) is 27.6 Å². The molecule has 4 rings (SSSR count). The van der Waals surface area contributed by atoms with E-state index in [2.05, 4.69) is 10.3 Å². The molecule has 0 bridgehead atoms. The SMILES string of the molecule is COc1c([C@H]2[C@@H](C(=O)Nc3ccnc(C(N)=O)c3)O[C@](C)(C(F)(F)F)[C@@H]2C2CC2)ccc(F)c1F. The Labute approximate surface area is 196 Å². The Bertz CT molecular complexity index is 1170. The Morgan fingerprint density at radius 3 is 2.49 bits per heavy atom. The maximum Gasteiger partial charge on any atom is 0.417 e. The number of aromatic nitrogens is 1. The first-order valence-electron chi connectivity index (χ1n) is 10.7. The fourth-order valence-electron chi connectivity index (χ4n) is 4.85. The number of carbonyl (C=O) groups excluding carboxylic acids is 2. The molecule has 3 N–H and O–H groups in total. The molecule has 2 aliphatic rings. The molecule has 35 heavy (non-hydrogen) atoms. The van der Waals surface area contributed by atoms with Crippen molar-refractivity contribution in [3.63, 3.8) is 0 Å². The highest BCUT2D eigenvalue weighted by Gasteiger charge is 2.70. The van der Waals surface area contributed by atoms with Gasteiger partial charge in [-0.05, 0) is 43.9 Å². The number of anilines is 1. The second kappa shape index (κ2) is 8.74. The van der Waals surface area contributed by atoms with Gasteiger partial charge in [-0.3, -0.25) is 14.6 Å². The van der Waals surface area contributed by atoms with Crippen LogP contribution in [0.3, 0.4) is 0 Å². The molecule has 0 spiro atoms. The van der Waals surface area contributed by atoms with E-state index < -0.39 is 64.8 Å². The average Bonchev–Trinajstić information content (AvgIpc) is 3.57. The summed E-state index contributed by atoms with van der Waals surface area (Å²) in [5.74, 6) is -8.09. The van der Waals surface area contributed by atoms with Crippen molar-refractivity contribution in [2.45, 2.75) is 43.6 Å². The molecule has 1 aliphatic carbocycles. The Balaban J connectivity index is 1.81. The third-order valence-electron chi connectivity index (χ3n) is 6.60. The van der Waals surface area contributed by atoms with E-state index in [1.807, 2.05) is 0 Å². The summed E-state index contributed by atoms with van der Waals surface area (Å²) < 4.78 is 81.9. The molecule has 1 saturated carbocycles. The van der Waals surface area contributed by atoms with E-state index in [-0.39, 0.29) is 16.9 Å². The van der Waals surface area contributed by atoms with E-state index in [0.29, 0.717) is 12.8 Å². The van der Waals surface area contributed by atoms with Gasteiger partial charge in [0.05, 0.1) is 7.11 Å². The first-order chi connectivity index (χ1) is 16.4. The quantitative estimate of drug-likeness (QED) is 0.587. The van der Waals surface area contributed by atoms with E-state index >= 15 is 0 Å². The summed E-state index contributed by atoms with van der Waals surface area (Å²) in [6.07, 6.45) is -4.49. The van der Waals surface area contributed by atoms with Gasteiger partial charge in [0.2, 0.25) is 5.82 Å². The van der Waals surface area contributed by atoms with Crippen molar-refractivity contribution >= 4 is 17.5 Å². The second-order valence-electron chi connectivity index (χ2n) is 8.80. The lowest BCUT2D eigenvalue weighted by molar-refractivity contribution is -0.275. The van der Waals surface area contributed by atoms with Gasteiger partial charge in [-0.2, -0.15) is 17.6 Å². The smallest absolute Gasteiger partial charge is 0.417 e. The monoisotopic (exact) mass is 499 g/mol. The van der Waals surface area contributed by atoms with Crippen molar-refractivity contribution in [2.75, 3.05) is 12.4 Å². The molecule has 188 valence electrons. The molecule has 1 aliphatic heterocycles. The molecule has 4 atom stereocenters. The number of benzene rings is 1. The molecule has 2 fully saturated rings. The molecular formula is C23H22F5N3O4. The lowest BCUT2D eigenvalue weighted by Crippen LogP contribution is -2.49. The Hall–Kier alpha value is -3.28. The summed E-state index contributed by atoms with van der Waals surface area (Å²) in [4.78, 5) is 28.4. The number of carbonyl (C=O) groups is 2. The first-order valence-corrected chi connectivity index (χ1v) is 10.7. The molecule has 0 unspecified atom stereocenters. The van der Waals surface area contributed by atoms with Crippen LogP contribution in [0.2, 0.25) is 0 Å². The van der Waals surface area contributed by atoms with Gasteiger partial charge in [-0.25, -0.2) is 4.39 Å². The zero-order valence-corrected chi connectivity index (χ0v) is 18.7. The number of hydrogen-bond donors (Lipinski definition) is 2. The summed E-state index contributed by atoms with van der Waals surface area (Å²) in [5.41, 5.74) is 2.21. The number of rotatable bonds is 6. The number of hydrogen-bond acceptors (Lipinski definition) is 5. The lowest BCUT2D eigenvalue weighted by atomic mass is 9.73. The van der Waals surface area contributed by atoms with Gasteiger partial charge in [0.15, 0.2) is 17.2 Å². The molecule has 2 aromatic rings. The Morgan fingerprint density at radius 2 is 1.91 bits per heavy atom. The molecule has 0 radical (unpaired) electrons. The number of pyridine rings is 1. The Morgan fingerprint density at radius 1 is 1.23 bits per heavy atom. The van der Waals surface area contributed by atoms with Crippen molar-refractivity contribution in [1.82, 2.24) is 4.98 Å². The first kappa shape index (κ1) is 24.8. The molecule has 2 amide bonds. The van der Waals surface area contributed by atoms with Gasteiger partial charge in [0.1, 0.15) is 11.8 Å². The van der Waals surface area contributed by atoms with Crippen LogP contribution in [0.1, 0.15) is 41.7 Å². The number of nitrogens with one attached hydrogen (secondary N) is 1. The molecule has 1 aromatic heterocycles. The standard InChI is InChI=1S/C23H22F5N3O4/c1-22(23(26,27)28)16(10-3-4-10)15(12-5-6-13(24)17(25)18(12)34-2)19(35-22)21(33)31-11-7-8-30-14(9-11)20(29)32/h5-10,15-16,19H,3-4H2,1-2H3,(H2,29,32)(H,30,31,33)/t15-,16-,19+,22+/m1/s1. The summed E-state index contributed by atoms with van der Waals surface area (Å²) in [5, 5.41) is 2.42. The van der Waals surface area contributed by atoms with Crippen LogP contribution in [-0.4, -0.2) is 41.8 Å². The fraction of sp³-hybridized carbons (Fsp3) is 0.435. The highest BCUT2D eigenvalue weighted by molar-refractivity contribution is 5.97. The van der Waals surface area contributed by atoms with Crippen LogP contribution in [0.25, 0.3) is 0 Å². The maximum absolute atomic E-state index is 14.6. The van der Waals surface area contributed by atoms with Crippen LogP contribution < -0.4 is 15.8 Å². The van der Waals surface area contributed by atoms with E-state index in [0.717, 1.165) is 32.2 Å². The molecule has 1 aromatic carbocycles. The number of ether oxygens (including phenoxy) is 2. The molecule has 12 heteroatoms. The summed E-state index contributed by atoms with van der Waals surface area (Å²) in [7, 11) is 1.06. The minimum atomic E-state index is -4.87. The van der Waals surface area contributed by atoms with E-state index in [1.54, 1.807) is 0 Å². The largest absolute Gasteiger partial charge is 0.493 e. The number of methoxy groups -OCH3 is 1. The predicted octanol–water partition coefficient (Wildman–Crippen LogP) is 3.94. The van der Waals surface area contributed by atoms with Crippen molar-refractivity contribution in [3.8, 4) is 5.75 Å². The summed E-state index contributed by atoms with van der Waals surface area (Å²) in [6.45, 7) is 0.861. The highest BCUT2D eigenvalue weighted by atomic mass is 19.4. The number of amides is 2. The molecule has 7 nitrogen and oxygen atoms in total. The second-order valence-corrected chi connectivity index (χ2v) is 8.80. The number of halogens is 5. The van der Waals surface area contributed by atoms with Crippen molar-refractivity contribution in [2.24, 2.45) is 17.6 Å². The van der Waals surface area contributed by atoms with Gasteiger partial charge < -0.3 is 20.5 Å². The molecule has 1 saturated heterocycles. The van der Waals surface area contributed by atoms with Crippen molar-refractivity contribution in [1.29, 1.82) is 0 Å². The fourth-order valence-corrected chi connectivity index (χ4v) is 4.85. The van der Waals surface area contributed by atoms with Crippen LogP contribution >= 0.6 is 0 Å². The zero-order chi connectivity index (χ0) is 25.7. The number of nitrogens with zero attached hydrogens (tertiary/aromatic N) is 1. The van der Waals surface area contributed by atoms with Gasteiger partial charge in [-0.15, -0.1) is 0 Å². The van der Waals surface area contributed by atoms with E-state index in [4.69, 9.17) is 15.2 Å². The van der Waals surface area contributed by atoms with Crippen LogP contribution in [0, 0.1) is 23.5 Å². The summed E-state index contributed by atoms with van der Waals surface area (Å²) >= 11 is 0. The van der Waals surface area contributed by atoms with Crippen molar-refractivity contribution < 1.29 is 41.0 Å². The molecule has 2 heterocycles. The average molecular weight is 499 g/mol. The number of primary amides is 1.